The van der Waals surface area contributed by atoms with E-state index < -0.39 is 40.5 Å². The van der Waals surface area contributed by atoms with Gasteiger partial charge in [0.1, 0.15) is 0 Å². The minimum Gasteiger partial charge on any atom is -0.479 e. The first-order valence-corrected chi connectivity index (χ1v) is 4.15. The van der Waals surface area contributed by atoms with Crippen molar-refractivity contribution in [1.82, 2.24) is 0 Å². The number of nitrogens with one attached hydrogen (secondary N) is 1. The number of carboxylic acid groups (broad SMARTS) is 1. The Hall–Kier alpha value is -2.29. The summed E-state index contributed by atoms with van der Waals surface area (Å²) in [6.07, 6.45) is 0. The monoisotopic (exact) mass is 248 g/mol. The summed E-state index contributed by atoms with van der Waals surface area (Å²) in [5.41, 5.74) is 0.0638. The van der Waals surface area contributed by atoms with Crippen molar-refractivity contribution in [3.8, 4) is 0 Å². The summed E-state index contributed by atoms with van der Waals surface area (Å²) in [6.45, 7) is -0.868. The quantitative estimate of drug-likeness (QED) is 0.601. The maximum atomic E-state index is 13.2. The molecule has 1 aromatic rings. The number of nitrogens with zero attached hydrogens (tertiary/aromatic N) is 1. The highest BCUT2D eigenvalue weighted by atomic mass is 19.2. The average molecular weight is 248 g/mol. The Bertz CT molecular complexity index is 465. The number of benzene rings is 1. The largest absolute Gasteiger partial charge is 0.479 e. The first-order valence-electron chi connectivity index (χ1n) is 4.15. The molecule has 0 heterocycles. The van der Waals surface area contributed by atoms with Crippen molar-refractivity contribution in [3.05, 3.63) is 33.9 Å². The minimum absolute atomic E-state index is 0.579. The van der Waals surface area contributed by atoms with Crippen molar-refractivity contribution in [2.24, 2.45) is 0 Å². The van der Waals surface area contributed by atoms with Crippen LogP contribution >= 0.6 is 0 Å². The van der Waals surface area contributed by atoms with E-state index in [4.69, 9.17) is 5.11 Å². The highest BCUT2D eigenvalue weighted by molar-refractivity contribution is 5.68. The van der Waals surface area contributed by atoms with Crippen LogP contribution in [0.1, 0.15) is 0 Å². The standard InChI is InChI=1S/C8H6F2N2O5/c9-4-1-2-5(12(15)16)8(7(4)10)11-17-3-6(13)14/h1-2,11H,3H2,(H,13,14). The number of hydrogen-bond donors (Lipinski definition) is 2. The van der Waals surface area contributed by atoms with Crippen LogP contribution in [0.15, 0.2) is 12.1 Å². The van der Waals surface area contributed by atoms with Gasteiger partial charge in [-0.2, -0.15) is 0 Å². The van der Waals surface area contributed by atoms with Crippen LogP contribution < -0.4 is 5.48 Å². The molecule has 0 aliphatic heterocycles. The molecule has 0 fully saturated rings. The Morgan fingerprint density at radius 1 is 1.53 bits per heavy atom. The lowest BCUT2D eigenvalue weighted by atomic mass is 10.2. The summed E-state index contributed by atoms with van der Waals surface area (Å²) < 4.78 is 26.0. The number of carbonyl (C=O) groups is 1. The Morgan fingerprint density at radius 2 is 2.18 bits per heavy atom. The van der Waals surface area contributed by atoms with Gasteiger partial charge in [0.15, 0.2) is 23.9 Å². The number of anilines is 1. The highest BCUT2D eigenvalue weighted by Gasteiger charge is 2.21. The molecule has 0 saturated heterocycles. The molecular formula is C8H6F2N2O5. The molecule has 9 heteroatoms. The maximum absolute atomic E-state index is 13.2. The molecule has 0 aromatic heterocycles. The van der Waals surface area contributed by atoms with Gasteiger partial charge in [0, 0.05) is 6.07 Å². The van der Waals surface area contributed by atoms with Crippen molar-refractivity contribution >= 4 is 17.3 Å². The third-order valence-electron chi connectivity index (χ3n) is 1.64. The molecule has 7 nitrogen and oxygen atoms in total. The minimum atomic E-state index is -1.52. The van der Waals surface area contributed by atoms with Gasteiger partial charge in [-0.1, -0.05) is 0 Å². The number of halogens is 2. The topological polar surface area (TPSA) is 102 Å². The number of nitro benzene ring substituents is 1. The summed E-state index contributed by atoms with van der Waals surface area (Å²) in [6, 6.07) is 1.31. The first kappa shape index (κ1) is 12.8. The van der Waals surface area contributed by atoms with E-state index in [0.29, 0.717) is 6.07 Å². The lowest BCUT2D eigenvalue weighted by Gasteiger charge is -2.07. The predicted molar refractivity (Wildman–Crippen MR) is 50.2 cm³/mol. The molecule has 0 bridgehead atoms. The molecule has 0 aliphatic rings. The third-order valence-corrected chi connectivity index (χ3v) is 1.64. The molecule has 0 saturated carbocycles. The molecule has 0 amide bonds. The van der Waals surface area contributed by atoms with E-state index in [2.05, 4.69) is 4.84 Å². The van der Waals surface area contributed by atoms with Crippen LogP contribution in [0.5, 0.6) is 0 Å². The van der Waals surface area contributed by atoms with Gasteiger partial charge in [0.25, 0.3) is 5.69 Å². The normalized spacial score (nSPS) is 10.0. The van der Waals surface area contributed by atoms with Crippen molar-refractivity contribution < 1.29 is 28.4 Å². The summed E-state index contributed by atoms with van der Waals surface area (Å²) in [5.74, 6) is -4.22. The van der Waals surface area contributed by atoms with Gasteiger partial charge >= 0.3 is 5.97 Å². The van der Waals surface area contributed by atoms with Crippen LogP contribution in [0.25, 0.3) is 0 Å². The van der Waals surface area contributed by atoms with Crippen molar-refractivity contribution in [2.75, 3.05) is 12.1 Å². The Morgan fingerprint density at radius 3 is 2.71 bits per heavy atom. The van der Waals surface area contributed by atoms with Gasteiger partial charge in [-0.15, -0.1) is 0 Å². The number of hydrogen-bond acceptors (Lipinski definition) is 5. The highest BCUT2D eigenvalue weighted by Crippen LogP contribution is 2.28. The van der Waals surface area contributed by atoms with Crippen LogP contribution in [-0.4, -0.2) is 22.6 Å². The summed E-state index contributed by atoms with van der Waals surface area (Å²) in [7, 11) is 0. The fraction of sp³-hybridized carbons (Fsp3) is 0.125. The summed E-state index contributed by atoms with van der Waals surface area (Å²) in [4.78, 5) is 23.9. The molecule has 0 radical (unpaired) electrons. The fourth-order valence-corrected chi connectivity index (χ4v) is 0.960. The van der Waals surface area contributed by atoms with Crippen LogP contribution in [0.3, 0.4) is 0 Å². The fourth-order valence-electron chi connectivity index (χ4n) is 0.960. The zero-order valence-corrected chi connectivity index (χ0v) is 8.15. The number of nitro groups is 1. The van der Waals surface area contributed by atoms with Gasteiger partial charge in [-0.25, -0.2) is 13.6 Å². The second-order valence-corrected chi connectivity index (χ2v) is 2.80. The van der Waals surface area contributed by atoms with E-state index in [1.807, 2.05) is 0 Å². The zero-order valence-electron chi connectivity index (χ0n) is 8.15. The van der Waals surface area contributed by atoms with E-state index in [-0.39, 0.29) is 0 Å². The van der Waals surface area contributed by atoms with E-state index in [9.17, 15) is 23.7 Å². The van der Waals surface area contributed by atoms with Gasteiger partial charge in [-0.3, -0.25) is 20.4 Å². The number of rotatable bonds is 5. The van der Waals surface area contributed by atoms with Crippen molar-refractivity contribution in [2.45, 2.75) is 0 Å². The molecule has 1 aromatic carbocycles. The van der Waals surface area contributed by atoms with Crippen LogP contribution in [0.2, 0.25) is 0 Å². The third kappa shape index (κ3) is 3.08. The maximum Gasteiger partial charge on any atom is 0.332 e. The SMILES string of the molecule is O=C(O)CONc1c([N+](=O)[O-])ccc(F)c1F. The lowest BCUT2D eigenvalue weighted by Crippen LogP contribution is -2.13. The molecule has 1 rings (SSSR count). The summed E-state index contributed by atoms with van der Waals surface area (Å²) in [5, 5.41) is 18.7. The smallest absolute Gasteiger partial charge is 0.332 e. The zero-order chi connectivity index (χ0) is 13.0. The molecule has 92 valence electrons. The second kappa shape index (κ2) is 5.16. The molecule has 17 heavy (non-hydrogen) atoms. The first-order chi connectivity index (χ1) is 7.93. The average Bonchev–Trinajstić information content (AvgIpc) is 2.23. The Balaban J connectivity index is 2.98. The summed E-state index contributed by atoms with van der Waals surface area (Å²) >= 11 is 0. The van der Waals surface area contributed by atoms with E-state index in [1.54, 1.807) is 5.48 Å². The number of aliphatic carboxylic acids is 1. The van der Waals surface area contributed by atoms with E-state index in [0.717, 1.165) is 6.07 Å². The van der Waals surface area contributed by atoms with Crippen LogP contribution in [0, 0.1) is 21.7 Å². The van der Waals surface area contributed by atoms with Crippen LogP contribution in [-0.2, 0) is 9.63 Å². The molecule has 0 unspecified atom stereocenters. The van der Waals surface area contributed by atoms with Gasteiger partial charge in [0.05, 0.1) is 4.92 Å². The lowest BCUT2D eigenvalue weighted by molar-refractivity contribution is -0.384. The second-order valence-electron chi connectivity index (χ2n) is 2.80. The number of carboxylic acids is 1. The van der Waals surface area contributed by atoms with Crippen molar-refractivity contribution in [3.63, 3.8) is 0 Å². The molecule has 0 atom stereocenters. The molecular weight excluding hydrogens is 242 g/mol. The van der Waals surface area contributed by atoms with Gasteiger partial charge < -0.3 is 5.11 Å². The molecule has 0 spiro atoms. The molecule has 0 aliphatic carbocycles. The predicted octanol–water partition coefficient (Wildman–Crippen LogP) is 1.30. The Labute approximate surface area is 92.7 Å². The molecule has 2 N–H and O–H groups in total. The van der Waals surface area contributed by atoms with Crippen molar-refractivity contribution in [1.29, 1.82) is 0 Å². The van der Waals surface area contributed by atoms with E-state index in [1.165, 1.54) is 0 Å². The Kier molecular flexibility index (Phi) is 3.88. The van der Waals surface area contributed by atoms with Crippen LogP contribution in [0.4, 0.5) is 20.2 Å². The van der Waals surface area contributed by atoms with Gasteiger partial charge in [-0.05, 0) is 6.07 Å². The van der Waals surface area contributed by atoms with Gasteiger partial charge in [0.2, 0.25) is 0 Å². The van der Waals surface area contributed by atoms with E-state index >= 15 is 0 Å².